The molecule has 0 saturated carbocycles. The molecule has 0 aliphatic rings. The molecule has 90 valence electrons. The first-order valence-electron chi connectivity index (χ1n) is 5.47. The van der Waals surface area contributed by atoms with Gasteiger partial charge in [-0.2, -0.15) is 0 Å². The van der Waals surface area contributed by atoms with Gasteiger partial charge in [0.15, 0.2) is 5.82 Å². The van der Waals surface area contributed by atoms with Crippen LogP contribution in [0.5, 0.6) is 0 Å². The van der Waals surface area contributed by atoms with E-state index in [1.54, 1.807) is 12.3 Å². The first-order chi connectivity index (χ1) is 8.66. The van der Waals surface area contributed by atoms with Gasteiger partial charge < -0.3 is 5.11 Å². The molecule has 0 saturated heterocycles. The van der Waals surface area contributed by atoms with Crippen LogP contribution in [0.15, 0.2) is 42.6 Å². The number of carboxylic acids is 1. The maximum absolute atomic E-state index is 10.4. The smallest absolute Gasteiger partial charge is 0.328 e. The summed E-state index contributed by atoms with van der Waals surface area (Å²) in [5, 5.41) is 8.56. The van der Waals surface area contributed by atoms with Crippen molar-refractivity contribution in [2.45, 2.75) is 6.92 Å². The van der Waals surface area contributed by atoms with Gasteiger partial charge in [0, 0.05) is 17.8 Å². The van der Waals surface area contributed by atoms with Gasteiger partial charge in [-0.25, -0.2) is 14.8 Å². The predicted octanol–water partition coefficient (Wildman–Crippen LogP) is 2.55. The van der Waals surface area contributed by atoms with Crippen LogP contribution in [-0.4, -0.2) is 21.0 Å². The normalized spacial score (nSPS) is 10.7. The lowest BCUT2D eigenvalue weighted by Crippen LogP contribution is -1.93. The fraction of sp³-hybridized carbons (Fsp3) is 0.0714. The van der Waals surface area contributed by atoms with Crippen LogP contribution in [0.2, 0.25) is 0 Å². The summed E-state index contributed by atoms with van der Waals surface area (Å²) in [5.41, 5.74) is 2.92. The molecule has 0 bridgehead atoms. The zero-order valence-corrected chi connectivity index (χ0v) is 9.87. The van der Waals surface area contributed by atoms with Crippen LogP contribution in [0.25, 0.3) is 17.3 Å². The summed E-state index contributed by atoms with van der Waals surface area (Å²) >= 11 is 0. The maximum atomic E-state index is 10.4. The molecule has 4 heteroatoms. The van der Waals surface area contributed by atoms with Crippen molar-refractivity contribution in [1.82, 2.24) is 9.97 Å². The molecular weight excluding hydrogens is 228 g/mol. The molecule has 0 fully saturated rings. The van der Waals surface area contributed by atoms with Crippen LogP contribution in [-0.2, 0) is 4.79 Å². The molecule has 1 heterocycles. The second-order valence-corrected chi connectivity index (χ2v) is 3.79. The number of carbonyl (C=O) groups is 1. The largest absolute Gasteiger partial charge is 0.478 e. The molecule has 1 N–H and O–H groups in total. The molecule has 0 radical (unpaired) electrons. The zero-order chi connectivity index (χ0) is 13.0. The lowest BCUT2D eigenvalue weighted by Gasteiger charge is -2.04. The van der Waals surface area contributed by atoms with Crippen molar-refractivity contribution >= 4 is 12.0 Å². The van der Waals surface area contributed by atoms with E-state index >= 15 is 0 Å². The lowest BCUT2D eigenvalue weighted by molar-refractivity contribution is -0.131. The molecule has 2 rings (SSSR count). The van der Waals surface area contributed by atoms with E-state index in [9.17, 15) is 4.79 Å². The third-order valence-corrected chi connectivity index (χ3v) is 2.47. The Bertz CT molecular complexity index is 606. The van der Waals surface area contributed by atoms with Gasteiger partial charge in [0.25, 0.3) is 0 Å². The molecule has 0 aliphatic heterocycles. The third-order valence-electron chi connectivity index (χ3n) is 2.47. The minimum Gasteiger partial charge on any atom is -0.478 e. The van der Waals surface area contributed by atoms with Crippen molar-refractivity contribution in [3.63, 3.8) is 0 Å². The fourth-order valence-corrected chi connectivity index (χ4v) is 1.61. The van der Waals surface area contributed by atoms with Gasteiger partial charge in [-0.15, -0.1) is 0 Å². The second-order valence-electron chi connectivity index (χ2n) is 3.79. The number of hydrogen-bond acceptors (Lipinski definition) is 3. The number of aromatic nitrogens is 2. The highest BCUT2D eigenvalue weighted by Gasteiger charge is 2.03. The Morgan fingerprint density at radius 3 is 2.78 bits per heavy atom. The Kier molecular flexibility index (Phi) is 3.48. The van der Waals surface area contributed by atoms with Crippen molar-refractivity contribution in [3.05, 3.63) is 54.0 Å². The van der Waals surface area contributed by atoms with Gasteiger partial charge in [-0.1, -0.05) is 24.3 Å². The highest BCUT2D eigenvalue weighted by atomic mass is 16.4. The highest BCUT2D eigenvalue weighted by molar-refractivity contribution is 5.84. The van der Waals surface area contributed by atoms with Gasteiger partial charge in [0.1, 0.15) is 0 Å². The molecular formula is C14H12N2O2. The minimum absolute atomic E-state index is 0.387. The monoisotopic (exact) mass is 240 g/mol. The van der Waals surface area contributed by atoms with Crippen LogP contribution in [0.1, 0.15) is 11.4 Å². The van der Waals surface area contributed by atoms with E-state index in [0.29, 0.717) is 5.82 Å². The van der Waals surface area contributed by atoms with Crippen molar-refractivity contribution in [3.8, 4) is 11.3 Å². The Morgan fingerprint density at radius 2 is 2.06 bits per heavy atom. The van der Waals surface area contributed by atoms with Gasteiger partial charge in [0.05, 0.1) is 5.69 Å². The molecule has 18 heavy (non-hydrogen) atoms. The summed E-state index contributed by atoms with van der Waals surface area (Å²) < 4.78 is 0. The van der Waals surface area contributed by atoms with Crippen LogP contribution >= 0.6 is 0 Å². The SMILES string of the molecule is Cc1ccccc1-c1ccnc(/C=C/C(=O)O)n1. The average Bonchev–Trinajstić information content (AvgIpc) is 2.37. The summed E-state index contributed by atoms with van der Waals surface area (Å²) in [5.74, 6) is -0.627. The Hall–Kier alpha value is -2.49. The van der Waals surface area contributed by atoms with Gasteiger partial charge in [-0.05, 0) is 24.6 Å². The summed E-state index contributed by atoms with van der Waals surface area (Å²) in [6, 6.07) is 9.69. The number of benzene rings is 1. The maximum Gasteiger partial charge on any atom is 0.328 e. The molecule has 0 unspecified atom stereocenters. The number of aliphatic carboxylic acids is 1. The number of nitrogens with zero attached hydrogens (tertiary/aromatic N) is 2. The lowest BCUT2D eigenvalue weighted by atomic mass is 10.1. The van der Waals surface area contributed by atoms with E-state index in [1.807, 2.05) is 31.2 Å². The van der Waals surface area contributed by atoms with Crippen LogP contribution < -0.4 is 0 Å². The number of rotatable bonds is 3. The number of carboxylic acid groups (broad SMARTS) is 1. The van der Waals surface area contributed by atoms with E-state index in [2.05, 4.69) is 9.97 Å². The van der Waals surface area contributed by atoms with Gasteiger partial charge in [-0.3, -0.25) is 0 Å². The predicted molar refractivity (Wildman–Crippen MR) is 68.9 cm³/mol. The number of hydrogen-bond donors (Lipinski definition) is 1. The topological polar surface area (TPSA) is 63.1 Å². The van der Waals surface area contributed by atoms with Crippen molar-refractivity contribution in [1.29, 1.82) is 0 Å². The zero-order valence-electron chi connectivity index (χ0n) is 9.87. The Balaban J connectivity index is 2.39. The summed E-state index contributed by atoms with van der Waals surface area (Å²) in [7, 11) is 0. The number of aryl methyl sites for hydroxylation is 1. The second kappa shape index (κ2) is 5.23. The molecule has 0 amide bonds. The fourth-order valence-electron chi connectivity index (χ4n) is 1.61. The first-order valence-corrected chi connectivity index (χ1v) is 5.47. The summed E-state index contributed by atoms with van der Waals surface area (Å²) in [6.45, 7) is 2.00. The molecule has 0 atom stereocenters. The Labute approximate surface area is 105 Å². The Morgan fingerprint density at radius 1 is 1.28 bits per heavy atom. The van der Waals surface area contributed by atoms with E-state index in [-0.39, 0.29) is 0 Å². The first kappa shape index (κ1) is 12.0. The standard InChI is InChI=1S/C14H12N2O2/c1-10-4-2-3-5-11(10)12-8-9-15-13(16-12)6-7-14(17)18/h2-9H,1H3,(H,17,18)/b7-6+. The molecule has 4 nitrogen and oxygen atoms in total. The minimum atomic E-state index is -1.01. The third kappa shape index (κ3) is 2.79. The van der Waals surface area contributed by atoms with E-state index in [0.717, 1.165) is 22.9 Å². The quantitative estimate of drug-likeness (QED) is 0.837. The summed E-state index contributed by atoms with van der Waals surface area (Å²) in [6.07, 6.45) is 4.03. The molecule has 0 spiro atoms. The van der Waals surface area contributed by atoms with Gasteiger partial charge >= 0.3 is 5.97 Å². The van der Waals surface area contributed by atoms with E-state index in [1.165, 1.54) is 6.08 Å². The van der Waals surface area contributed by atoms with Gasteiger partial charge in [0.2, 0.25) is 0 Å². The summed E-state index contributed by atoms with van der Waals surface area (Å²) in [4.78, 5) is 18.8. The van der Waals surface area contributed by atoms with Crippen LogP contribution in [0.4, 0.5) is 0 Å². The van der Waals surface area contributed by atoms with Crippen LogP contribution in [0, 0.1) is 6.92 Å². The van der Waals surface area contributed by atoms with Crippen molar-refractivity contribution in [2.24, 2.45) is 0 Å². The van der Waals surface area contributed by atoms with Crippen molar-refractivity contribution < 1.29 is 9.90 Å². The van der Waals surface area contributed by atoms with E-state index < -0.39 is 5.97 Å². The van der Waals surface area contributed by atoms with Crippen molar-refractivity contribution in [2.75, 3.05) is 0 Å². The molecule has 2 aromatic rings. The highest BCUT2D eigenvalue weighted by Crippen LogP contribution is 2.20. The average molecular weight is 240 g/mol. The molecule has 0 aliphatic carbocycles. The van der Waals surface area contributed by atoms with Crippen LogP contribution in [0.3, 0.4) is 0 Å². The molecule has 1 aromatic carbocycles. The van der Waals surface area contributed by atoms with E-state index in [4.69, 9.17) is 5.11 Å². The molecule has 1 aromatic heterocycles.